The second kappa shape index (κ2) is 7.87. The van der Waals surface area contributed by atoms with E-state index in [1.165, 1.54) is 20.3 Å². The fourth-order valence-electron chi connectivity index (χ4n) is 1.98. The third-order valence-corrected chi connectivity index (χ3v) is 3.29. The summed E-state index contributed by atoms with van der Waals surface area (Å²) in [5.41, 5.74) is 5.41. The maximum atomic E-state index is 12.1. The van der Waals surface area contributed by atoms with Crippen LogP contribution < -0.4 is 25.1 Å². The third kappa shape index (κ3) is 3.95. The van der Waals surface area contributed by atoms with Crippen molar-refractivity contribution in [2.45, 2.75) is 0 Å². The van der Waals surface area contributed by atoms with Gasteiger partial charge < -0.3 is 14.2 Å². The normalized spacial score (nSPS) is 9.79. The Kier molecular flexibility index (Phi) is 5.62. The van der Waals surface area contributed by atoms with E-state index in [9.17, 15) is 9.59 Å². The number of carbonyl (C=O) groups is 2. The molecule has 24 heavy (non-hydrogen) atoms. The van der Waals surface area contributed by atoms with Crippen molar-refractivity contribution >= 4 is 11.8 Å². The fourth-order valence-corrected chi connectivity index (χ4v) is 1.98. The summed E-state index contributed by atoms with van der Waals surface area (Å²) in [6, 6.07) is 11.2. The lowest BCUT2D eigenvalue weighted by molar-refractivity contribution is 0.0846. The van der Waals surface area contributed by atoms with Gasteiger partial charge in [0.25, 0.3) is 11.8 Å². The van der Waals surface area contributed by atoms with Crippen molar-refractivity contribution in [2.24, 2.45) is 0 Å². The van der Waals surface area contributed by atoms with Gasteiger partial charge >= 0.3 is 0 Å². The quantitative estimate of drug-likeness (QED) is 0.816. The number of nitrogens with one attached hydrogen (secondary N) is 2. The van der Waals surface area contributed by atoms with Crippen LogP contribution in [0.2, 0.25) is 0 Å². The van der Waals surface area contributed by atoms with Crippen LogP contribution in [0.3, 0.4) is 0 Å². The van der Waals surface area contributed by atoms with Crippen LogP contribution in [-0.4, -0.2) is 33.1 Å². The van der Waals surface area contributed by atoms with Crippen molar-refractivity contribution in [1.82, 2.24) is 10.9 Å². The van der Waals surface area contributed by atoms with E-state index in [4.69, 9.17) is 14.2 Å². The third-order valence-electron chi connectivity index (χ3n) is 3.29. The summed E-state index contributed by atoms with van der Waals surface area (Å²) in [6.07, 6.45) is 0. The molecule has 2 amide bonds. The molecule has 2 aromatic rings. The van der Waals surface area contributed by atoms with Crippen LogP contribution in [-0.2, 0) is 0 Å². The van der Waals surface area contributed by atoms with Crippen LogP contribution in [0.25, 0.3) is 0 Å². The summed E-state index contributed by atoms with van der Waals surface area (Å²) in [7, 11) is 4.52. The molecule has 0 radical (unpaired) electrons. The molecule has 0 heterocycles. The lowest BCUT2D eigenvalue weighted by Gasteiger charge is -2.11. The molecule has 7 nitrogen and oxygen atoms in total. The maximum Gasteiger partial charge on any atom is 0.269 e. The minimum Gasteiger partial charge on any atom is -0.497 e. The summed E-state index contributed by atoms with van der Waals surface area (Å²) in [5, 5.41) is 0. The summed E-state index contributed by atoms with van der Waals surface area (Å²) in [4.78, 5) is 24.1. The molecule has 126 valence electrons. The zero-order chi connectivity index (χ0) is 17.5. The molecule has 0 unspecified atom stereocenters. The average molecular weight is 330 g/mol. The molecule has 2 aromatic carbocycles. The minimum atomic E-state index is -0.474. The van der Waals surface area contributed by atoms with E-state index < -0.39 is 11.8 Å². The first kappa shape index (κ1) is 17.1. The van der Waals surface area contributed by atoms with E-state index in [2.05, 4.69) is 10.9 Å². The van der Waals surface area contributed by atoms with Gasteiger partial charge in [-0.15, -0.1) is 0 Å². The first-order chi connectivity index (χ1) is 11.6. The molecule has 0 spiro atoms. The molecular formula is C17H18N2O5. The van der Waals surface area contributed by atoms with Crippen LogP contribution in [0.5, 0.6) is 17.2 Å². The van der Waals surface area contributed by atoms with Gasteiger partial charge in [0.15, 0.2) is 11.5 Å². The Bertz CT molecular complexity index is 728. The average Bonchev–Trinajstić information content (AvgIpc) is 2.65. The number of rotatable bonds is 5. The number of amides is 2. The van der Waals surface area contributed by atoms with Crippen molar-refractivity contribution in [3.05, 3.63) is 53.6 Å². The van der Waals surface area contributed by atoms with Gasteiger partial charge in [-0.1, -0.05) is 0 Å². The highest BCUT2D eigenvalue weighted by Crippen LogP contribution is 2.27. The van der Waals surface area contributed by atoms with Crippen LogP contribution in [0, 0.1) is 0 Å². The molecule has 7 heteroatoms. The maximum absolute atomic E-state index is 12.1. The van der Waals surface area contributed by atoms with E-state index in [1.54, 1.807) is 43.5 Å². The molecule has 0 bridgehead atoms. The Morgan fingerprint density at radius 1 is 0.708 bits per heavy atom. The molecular weight excluding hydrogens is 312 g/mol. The highest BCUT2D eigenvalue weighted by atomic mass is 16.5. The van der Waals surface area contributed by atoms with Gasteiger partial charge in [0.05, 0.1) is 21.3 Å². The predicted octanol–water partition coefficient (Wildman–Crippen LogP) is 1.79. The molecule has 0 fully saturated rings. The Morgan fingerprint density at radius 3 is 1.79 bits per heavy atom. The molecule has 0 saturated heterocycles. The Labute approximate surface area is 139 Å². The molecule has 0 aliphatic rings. The minimum absolute atomic E-state index is 0.322. The predicted molar refractivity (Wildman–Crippen MR) is 87.5 cm³/mol. The highest BCUT2D eigenvalue weighted by Gasteiger charge is 2.12. The first-order valence-corrected chi connectivity index (χ1v) is 7.05. The van der Waals surface area contributed by atoms with Gasteiger partial charge in [0.2, 0.25) is 0 Å². The Morgan fingerprint density at radius 2 is 1.25 bits per heavy atom. The number of methoxy groups -OCH3 is 3. The number of hydrazine groups is 1. The topological polar surface area (TPSA) is 85.9 Å². The van der Waals surface area contributed by atoms with Gasteiger partial charge in [0.1, 0.15) is 5.75 Å². The van der Waals surface area contributed by atoms with Crippen molar-refractivity contribution in [1.29, 1.82) is 0 Å². The van der Waals surface area contributed by atoms with Gasteiger partial charge in [-0.25, -0.2) is 0 Å². The second-order valence-corrected chi connectivity index (χ2v) is 4.71. The number of hydrogen-bond acceptors (Lipinski definition) is 5. The SMILES string of the molecule is COc1ccc(C(=O)NNC(=O)c2ccc(OC)c(OC)c2)cc1. The molecule has 0 atom stereocenters. The van der Waals surface area contributed by atoms with Crippen LogP contribution >= 0.6 is 0 Å². The van der Waals surface area contributed by atoms with E-state index in [0.29, 0.717) is 28.4 Å². The molecule has 0 aliphatic heterocycles. The summed E-state index contributed by atoms with van der Waals surface area (Å²) >= 11 is 0. The Balaban J connectivity index is 2.00. The van der Waals surface area contributed by atoms with E-state index >= 15 is 0 Å². The monoisotopic (exact) mass is 330 g/mol. The molecule has 2 N–H and O–H groups in total. The lowest BCUT2D eigenvalue weighted by atomic mass is 10.2. The molecule has 0 aliphatic carbocycles. The lowest BCUT2D eigenvalue weighted by Crippen LogP contribution is -2.41. The van der Waals surface area contributed by atoms with Gasteiger partial charge in [-0.2, -0.15) is 0 Å². The number of benzene rings is 2. The standard InChI is InChI=1S/C17H18N2O5/c1-22-13-7-4-11(5-8-13)16(20)18-19-17(21)12-6-9-14(23-2)15(10-12)24-3/h4-10H,1-3H3,(H,18,20)(H,19,21). The van der Waals surface area contributed by atoms with E-state index in [1.807, 2.05) is 0 Å². The summed E-state index contributed by atoms with van der Waals surface area (Å²) in [5.74, 6) is 0.660. The zero-order valence-corrected chi connectivity index (χ0v) is 13.6. The van der Waals surface area contributed by atoms with Crippen molar-refractivity contribution in [2.75, 3.05) is 21.3 Å². The first-order valence-electron chi connectivity index (χ1n) is 7.05. The van der Waals surface area contributed by atoms with Gasteiger partial charge in [-0.3, -0.25) is 20.4 Å². The molecule has 0 aromatic heterocycles. The van der Waals surface area contributed by atoms with Crippen LogP contribution in [0.4, 0.5) is 0 Å². The highest BCUT2D eigenvalue weighted by molar-refractivity contribution is 5.99. The molecule has 0 saturated carbocycles. The van der Waals surface area contributed by atoms with Gasteiger partial charge in [-0.05, 0) is 42.5 Å². The number of ether oxygens (including phenoxy) is 3. The number of hydrogen-bond donors (Lipinski definition) is 2. The van der Waals surface area contributed by atoms with Crippen molar-refractivity contribution in [3.8, 4) is 17.2 Å². The Hall–Kier alpha value is -3.22. The van der Waals surface area contributed by atoms with Crippen LogP contribution in [0.1, 0.15) is 20.7 Å². The smallest absolute Gasteiger partial charge is 0.269 e. The van der Waals surface area contributed by atoms with Crippen molar-refractivity contribution in [3.63, 3.8) is 0 Å². The zero-order valence-electron chi connectivity index (χ0n) is 13.6. The summed E-state index contributed by atoms with van der Waals surface area (Å²) < 4.78 is 15.3. The van der Waals surface area contributed by atoms with E-state index in [-0.39, 0.29) is 0 Å². The number of carbonyl (C=O) groups excluding carboxylic acids is 2. The largest absolute Gasteiger partial charge is 0.497 e. The fraction of sp³-hybridized carbons (Fsp3) is 0.176. The van der Waals surface area contributed by atoms with Gasteiger partial charge in [0, 0.05) is 11.1 Å². The van der Waals surface area contributed by atoms with Crippen LogP contribution in [0.15, 0.2) is 42.5 Å². The molecule has 2 rings (SSSR count). The van der Waals surface area contributed by atoms with E-state index in [0.717, 1.165) is 0 Å². The second-order valence-electron chi connectivity index (χ2n) is 4.71. The summed E-state index contributed by atoms with van der Waals surface area (Å²) in [6.45, 7) is 0. The van der Waals surface area contributed by atoms with Crippen molar-refractivity contribution < 1.29 is 23.8 Å².